The Morgan fingerprint density at radius 3 is 2.65 bits per heavy atom. The van der Waals surface area contributed by atoms with Crippen molar-refractivity contribution in [3.63, 3.8) is 0 Å². The van der Waals surface area contributed by atoms with E-state index in [2.05, 4.69) is 10.1 Å². The number of nitrogens with zero attached hydrogens (tertiary/aromatic N) is 3. The predicted octanol–water partition coefficient (Wildman–Crippen LogP) is 2.34. The molecule has 0 aliphatic rings. The summed E-state index contributed by atoms with van der Waals surface area (Å²) in [5, 5.41) is 3.74. The number of hydrogen-bond acceptors (Lipinski definition) is 5. The molecule has 0 radical (unpaired) electrons. The molecule has 0 saturated carbocycles. The van der Waals surface area contributed by atoms with Crippen LogP contribution in [0.2, 0.25) is 0 Å². The molecule has 0 aliphatic heterocycles. The molecule has 120 valence electrons. The van der Waals surface area contributed by atoms with Crippen molar-refractivity contribution in [2.24, 2.45) is 0 Å². The quantitative estimate of drug-likeness (QED) is 0.693. The Kier molecular flexibility index (Phi) is 4.29. The van der Waals surface area contributed by atoms with Gasteiger partial charge in [0, 0.05) is 25.0 Å². The first-order valence-electron chi connectivity index (χ1n) is 7.18. The zero-order valence-electron chi connectivity index (χ0n) is 12.7. The van der Waals surface area contributed by atoms with E-state index in [0.717, 1.165) is 5.56 Å². The van der Waals surface area contributed by atoms with Gasteiger partial charge in [-0.05, 0) is 12.5 Å². The van der Waals surface area contributed by atoms with Crippen LogP contribution in [0.5, 0.6) is 0 Å². The molecule has 0 atom stereocenters. The van der Waals surface area contributed by atoms with Crippen molar-refractivity contribution in [3.05, 3.63) is 71.6 Å². The third kappa shape index (κ3) is 4.07. The first-order valence-corrected chi connectivity index (χ1v) is 9.00. The fourth-order valence-electron chi connectivity index (χ4n) is 2.36. The lowest BCUT2D eigenvalue weighted by Crippen LogP contribution is -2.13. The highest BCUT2D eigenvalue weighted by Gasteiger charge is 2.18. The largest absolute Gasteiger partial charge is 0.361 e. The number of aromatic nitrogens is 3. The highest BCUT2D eigenvalue weighted by molar-refractivity contribution is 7.89. The van der Waals surface area contributed by atoms with Crippen molar-refractivity contribution in [1.82, 2.24) is 14.7 Å². The summed E-state index contributed by atoms with van der Waals surface area (Å²) in [5.41, 5.74) is 1.51. The van der Waals surface area contributed by atoms with Crippen LogP contribution in [0.4, 0.5) is 0 Å². The van der Waals surface area contributed by atoms with Gasteiger partial charge < -0.3 is 9.09 Å². The van der Waals surface area contributed by atoms with Gasteiger partial charge in [-0.25, -0.2) is 13.4 Å². The molecule has 2 aromatic heterocycles. The summed E-state index contributed by atoms with van der Waals surface area (Å²) in [4.78, 5) is 4.18. The molecule has 1 aromatic carbocycles. The molecular weight excluding hydrogens is 314 g/mol. The zero-order chi connectivity index (χ0) is 16.3. The van der Waals surface area contributed by atoms with Gasteiger partial charge in [0.05, 0.1) is 11.4 Å². The molecule has 0 unspecified atom stereocenters. The van der Waals surface area contributed by atoms with Gasteiger partial charge in [0.2, 0.25) is 0 Å². The molecule has 0 fully saturated rings. The lowest BCUT2D eigenvalue weighted by atomic mass is 10.2. The summed E-state index contributed by atoms with van der Waals surface area (Å²) in [7, 11) is -3.36. The van der Waals surface area contributed by atoms with Crippen LogP contribution < -0.4 is 0 Å². The van der Waals surface area contributed by atoms with Gasteiger partial charge >= 0.3 is 0 Å². The first kappa shape index (κ1) is 15.5. The van der Waals surface area contributed by atoms with Crippen LogP contribution in [-0.4, -0.2) is 23.1 Å². The van der Waals surface area contributed by atoms with E-state index in [4.69, 9.17) is 4.52 Å². The first-order chi connectivity index (χ1) is 11.0. The average Bonchev–Trinajstić information content (AvgIpc) is 3.09. The van der Waals surface area contributed by atoms with E-state index in [-0.39, 0.29) is 11.5 Å². The Hall–Kier alpha value is -2.41. The monoisotopic (exact) mass is 331 g/mol. The maximum atomic E-state index is 12.3. The van der Waals surface area contributed by atoms with E-state index in [1.807, 2.05) is 34.9 Å². The minimum Gasteiger partial charge on any atom is -0.361 e. The van der Waals surface area contributed by atoms with Crippen LogP contribution >= 0.6 is 0 Å². The van der Waals surface area contributed by atoms with Gasteiger partial charge in [-0.15, -0.1) is 0 Å². The van der Waals surface area contributed by atoms with Gasteiger partial charge in [0.1, 0.15) is 17.3 Å². The lowest BCUT2D eigenvalue weighted by molar-refractivity contribution is 0.392. The SMILES string of the molecule is Cc1cc(CS(=O)(=O)Cc2nccn2Cc2ccccc2)no1. The molecule has 3 rings (SSSR count). The molecule has 0 bridgehead atoms. The van der Waals surface area contributed by atoms with Crippen molar-refractivity contribution < 1.29 is 12.9 Å². The van der Waals surface area contributed by atoms with E-state index in [0.29, 0.717) is 23.8 Å². The summed E-state index contributed by atoms with van der Waals surface area (Å²) in [6, 6.07) is 11.5. The summed E-state index contributed by atoms with van der Waals surface area (Å²) >= 11 is 0. The number of sulfone groups is 1. The Labute approximate surface area is 134 Å². The second kappa shape index (κ2) is 6.37. The molecule has 0 aliphatic carbocycles. The van der Waals surface area contributed by atoms with Gasteiger partial charge in [-0.1, -0.05) is 35.5 Å². The number of hydrogen-bond donors (Lipinski definition) is 0. The molecule has 2 heterocycles. The summed E-state index contributed by atoms with van der Waals surface area (Å²) in [5.74, 6) is 0.844. The fraction of sp³-hybridized carbons (Fsp3) is 0.250. The Morgan fingerprint density at radius 2 is 1.96 bits per heavy atom. The Balaban J connectivity index is 1.74. The predicted molar refractivity (Wildman–Crippen MR) is 85.3 cm³/mol. The molecule has 0 saturated heterocycles. The van der Waals surface area contributed by atoms with Gasteiger partial charge in [-0.2, -0.15) is 0 Å². The average molecular weight is 331 g/mol. The zero-order valence-corrected chi connectivity index (χ0v) is 13.5. The van der Waals surface area contributed by atoms with E-state index in [1.165, 1.54) is 0 Å². The topological polar surface area (TPSA) is 78.0 Å². The molecule has 3 aromatic rings. The number of aryl methyl sites for hydroxylation is 1. The van der Waals surface area contributed by atoms with Crippen LogP contribution in [0.15, 0.2) is 53.3 Å². The molecule has 23 heavy (non-hydrogen) atoms. The van der Waals surface area contributed by atoms with E-state index in [1.54, 1.807) is 25.4 Å². The van der Waals surface area contributed by atoms with E-state index in [9.17, 15) is 8.42 Å². The third-order valence-electron chi connectivity index (χ3n) is 3.39. The number of imidazole rings is 1. The number of rotatable bonds is 6. The van der Waals surface area contributed by atoms with Gasteiger partial charge in [-0.3, -0.25) is 0 Å². The van der Waals surface area contributed by atoms with Crippen molar-refractivity contribution >= 4 is 9.84 Å². The van der Waals surface area contributed by atoms with Gasteiger partial charge in [0.15, 0.2) is 9.84 Å². The van der Waals surface area contributed by atoms with Crippen molar-refractivity contribution in [2.45, 2.75) is 25.0 Å². The second-order valence-corrected chi connectivity index (χ2v) is 7.48. The molecule has 0 N–H and O–H groups in total. The van der Waals surface area contributed by atoms with Gasteiger partial charge in [0.25, 0.3) is 0 Å². The highest BCUT2D eigenvalue weighted by Crippen LogP contribution is 2.13. The maximum absolute atomic E-state index is 12.3. The third-order valence-corrected chi connectivity index (χ3v) is 4.82. The van der Waals surface area contributed by atoms with Crippen LogP contribution in [0.1, 0.15) is 22.8 Å². The normalized spacial score (nSPS) is 11.7. The molecule has 0 spiro atoms. The van der Waals surface area contributed by atoms with Crippen molar-refractivity contribution in [2.75, 3.05) is 0 Å². The van der Waals surface area contributed by atoms with Crippen molar-refractivity contribution in [3.8, 4) is 0 Å². The maximum Gasteiger partial charge on any atom is 0.163 e. The van der Waals surface area contributed by atoms with Crippen LogP contribution in [-0.2, 0) is 27.9 Å². The minimum absolute atomic E-state index is 0.126. The molecular formula is C16H17N3O3S. The summed E-state index contributed by atoms with van der Waals surface area (Å²) in [6.45, 7) is 2.32. The van der Waals surface area contributed by atoms with E-state index < -0.39 is 9.84 Å². The molecule has 0 amide bonds. The molecule has 7 heteroatoms. The van der Waals surface area contributed by atoms with Crippen LogP contribution in [0.25, 0.3) is 0 Å². The smallest absolute Gasteiger partial charge is 0.163 e. The van der Waals surface area contributed by atoms with E-state index >= 15 is 0 Å². The Morgan fingerprint density at radius 1 is 1.17 bits per heavy atom. The van der Waals surface area contributed by atoms with Crippen LogP contribution in [0, 0.1) is 6.92 Å². The van der Waals surface area contributed by atoms with Crippen molar-refractivity contribution in [1.29, 1.82) is 0 Å². The standard InChI is InChI=1S/C16H17N3O3S/c1-13-9-15(18-22-13)11-23(20,21)12-16-17-7-8-19(16)10-14-5-3-2-4-6-14/h2-9H,10-12H2,1H3. The summed E-state index contributed by atoms with van der Waals surface area (Å²) < 4.78 is 31.5. The minimum atomic E-state index is -3.36. The Bertz CT molecular complexity index is 882. The number of benzene rings is 1. The summed E-state index contributed by atoms with van der Waals surface area (Å²) in [6.07, 6.45) is 3.41. The fourth-order valence-corrected chi connectivity index (χ4v) is 3.69. The molecule has 6 nitrogen and oxygen atoms in total. The lowest BCUT2D eigenvalue weighted by Gasteiger charge is -2.08. The second-order valence-electron chi connectivity index (χ2n) is 5.42. The highest BCUT2D eigenvalue weighted by atomic mass is 32.2. The van der Waals surface area contributed by atoms with Crippen LogP contribution in [0.3, 0.4) is 0 Å².